The quantitative estimate of drug-likeness (QED) is 0.573. The number of carbonyl (C=O) groups is 1. The molecule has 0 spiro atoms. The van der Waals surface area contributed by atoms with Crippen LogP contribution in [0.2, 0.25) is 0 Å². The number of fused-ring (bicyclic) bond motifs is 1. The Morgan fingerprint density at radius 3 is 2.44 bits per heavy atom. The molecule has 0 saturated heterocycles. The summed E-state index contributed by atoms with van der Waals surface area (Å²) in [5.41, 5.74) is 4.62. The van der Waals surface area contributed by atoms with Gasteiger partial charge in [0.25, 0.3) is 0 Å². The van der Waals surface area contributed by atoms with Crippen molar-refractivity contribution in [2.45, 2.75) is 70.0 Å². The van der Waals surface area contributed by atoms with Gasteiger partial charge in [-0.2, -0.15) is 0 Å². The van der Waals surface area contributed by atoms with Crippen LogP contribution in [0.4, 0.5) is 0 Å². The number of aryl methyl sites for hydroxylation is 2. The summed E-state index contributed by atoms with van der Waals surface area (Å²) < 4.78 is 27.8. The van der Waals surface area contributed by atoms with Gasteiger partial charge >= 0.3 is 0 Å². The molecule has 0 saturated carbocycles. The predicted molar refractivity (Wildman–Crippen MR) is 128 cm³/mol. The van der Waals surface area contributed by atoms with Crippen LogP contribution in [0.1, 0.15) is 55.4 Å². The molecule has 0 aliphatic heterocycles. The zero-order valence-electron chi connectivity index (χ0n) is 19.4. The fraction of sp³-hybridized carbons (Fsp3) is 0.480. The number of amides is 1. The molecule has 0 aromatic heterocycles. The maximum absolute atomic E-state index is 12.6. The highest BCUT2D eigenvalue weighted by Gasteiger charge is 2.18. The lowest BCUT2D eigenvalue weighted by atomic mass is 9.92. The van der Waals surface area contributed by atoms with E-state index >= 15 is 0 Å². The highest BCUT2D eigenvalue weighted by molar-refractivity contribution is 7.89. The van der Waals surface area contributed by atoms with E-state index in [2.05, 4.69) is 41.9 Å². The molecule has 0 atom stereocenters. The van der Waals surface area contributed by atoms with Crippen LogP contribution >= 0.6 is 0 Å². The standard InChI is InChI=1S/C25H35N3O3S/c1-19(2)28(3)18-23-11-7-6-10-22(23)17-26-25(29)14-15-27-32(30,31)24-13-12-20-8-4-5-9-21(20)16-24/h6-7,10-13,16,19,27H,4-5,8-9,14-15,17-18H2,1-3H3,(H,26,29). The molecule has 1 amide bonds. The average molecular weight is 458 g/mol. The normalized spacial score (nSPS) is 13.9. The Morgan fingerprint density at radius 1 is 1.03 bits per heavy atom. The fourth-order valence-corrected chi connectivity index (χ4v) is 4.96. The summed E-state index contributed by atoms with van der Waals surface area (Å²) in [7, 11) is -1.54. The third-order valence-corrected chi connectivity index (χ3v) is 7.63. The Balaban J connectivity index is 1.49. The van der Waals surface area contributed by atoms with Crippen LogP contribution in [-0.4, -0.2) is 38.9 Å². The summed E-state index contributed by atoms with van der Waals surface area (Å²) >= 11 is 0. The van der Waals surface area contributed by atoms with E-state index in [0.717, 1.165) is 43.4 Å². The third-order valence-electron chi connectivity index (χ3n) is 6.17. The van der Waals surface area contributed by atoms with Crippen molar-refractivity contribution in [3.05, 3.63) is 64.7 Å². The second-order valence-electron chi connectivity index (χ2n) is 8.84. The lowest BCUT2D eigenvalue weighted by Gasteiger charge is -2.22. The molecule has 3 rings (SSSR count). The van der Waals surface area contributed by atoms with Gasteiger partial charge in [0.2, 0.25) is 15.9 Å². The van der Waals surface area contributed by atoms with Gasteiger partial charge < -0.3 is 5.32 Å². The van der Waals surface area contributed by atoms with Crippen molar-refractivity contribution >= 4 is 15.9 Å². The van der Waals surface area contributed by atoms with Crippen molar-refractivity contribution in [2.24, 2.45) is 0 Å². The van der Waals surface area contributed by atoms with Crippen molar-refractivity contribution in [1.82, 2.24) is 14.9 Å². The van der Waals surface area contributed by atoms with E-state index in [-0.39, 0.29) is 23.8 Å². The Bertz CT molecular complexity index is 1030. The number of hydrogen-bond donors (Lipinski definition) is 2. The van der Waals surface area contributed by atoms with Gasteiger partial charge in [0.05, 0.1) is 4.90 Å². The van der Waals surface area contributed by atoms with E-state index in [1.165, 1.54) is 11.1 Å². The lowest BCUT2D eigenvalue weighted by Crippen LogP contribution is -2.31. The fourth-order valence-electron chi connectivity index (χ4n) is 3.88. The first kappa shape index (κ1) is 24.4. The first-order chi connectivity index (χ1) is 15.3. The minimum atomic E-state index is -3.62. The SMILES string of the molecule is CC(C)N(C)Cc1ccccc1CNC(=O)CCNS(=O)(=O)c1ccc2c(c1)CCCC2. The summed E-state index contributed by atoms with van der Waals surface area (Å²) in [4.78, 5) is 14.8. The number of sulfonamides is 1. The van der Waals surface area contributed by atoms with Gasteiger partial charge in [-0.25, -0.2) is 13.1 Å². The van der Waals surface area contributed by atoms with Crippen molar-refractivity contribution < 1.29 is 13.2 Å². The van der Waals surface area contributed by atoms with Crippen LogP contribution in [0, 0.1) is 0 Å². The maximum Gasteiger partial charge on any atom is 0.240 e. The van der Waals surface area contributed by atoms with Crippen molar-refractivity contribution in [3.63, 3.8) is 0 Å². The van der Waals surface area contributed by atoms with Crippen LogP contribution in [0.15, 0.2) is 47.4 Å². The first-order valence-corrected chi connectivity index (χ1v) is 12.9. The van der Waals surface area contributed by atoms with Crippen LogP contribution in [0.25, 0.3) is 0 Å². The van der Waals surface area contributed by atoms with Gasteiger partial charge in [0, 0.05) is 32.1 Å². The highest BCUT2D eigenvalue weighted by Crippen LogP contribution is 2.24. The van der Waals surface area contributed by atoms with E-state index in [1.807, 2.05) is 24.3 Å². The molecular weight excluding hydrogens is 422 g/mol. The Hall–Kier alpha value is -2.22. The van der Waals surface area contributed by atoms with E-state index in [0.29, 0.717) is 12.6 Å². The molecule has 0 radical (unpaired) electrons. The molecule has 6 nitrogen and oxygen atoms in total. The molecule has 0 fully saturated rings. The van der Waals surface area contributed by atoms with Crippen LogP contribution in [-0.2, 0) is 40.7 Å². The summed E-state index contributed by atoms with van der Waals surface area (Å²) in [5, 5.41) is 2.92. The molecule has 0 bridgehead atoms. The second kappa shape index (κ2) is 11.1. The zero-order chi connectivity index (χ0) is 23.1. The van der Waals surface area contributed by atoms with E-state index < -0.39 is 10.0 Å². The Kier molecular flexibility index (Phi) is 8.45. The molecule has 2 N–H and O–H groups in total. The van der Waals surface area contributed by atoms with Crippen molar-refractivity contribution in [3.8, 4) is 0 Å². The van der Waals surface area contributed by atoms with Crippen molar-refractivity contribution in [2.75, 3.05) is 13.6 Å². The minimum Gasteiger partial charge on any atom is -0.352 e. The maximum atomic E-state index is 12.6. The number of nitrogens with zero attached hydrogens (tertiary/aromatic N) is 1. The van der Waals surface area contributed by atoms with Crippen LogP contribution in [0.5, 0.6) is 0 Å². The molecule has 7 heteroatoms. The number of rotatable bonds is 10. The molecule has 2 aromatic carbocycles. The van der Waals surface area contributed by atoms with Gasteiger partial charge in [-0.3, -0.25) is 9.69 Å². The number of carbonyl (C=O) groups excluding carboxylic acids is 1. The minimum absolute atomic E-state index is 0.0724. The molecule has 1 aliphatic carbocycles. The molecule has 32 heavy (non-hydrogen) atoms. The number of benzene rings is 2. The zero-order valence-corrected chi connectivity index (χ0v) is 20.2. The van der Waals surface area contributed by atoms with Crippen LogP contribution < -0.4 is 10.0 Å². The Labute approximate surface area is 192 Å². The molecule has 0 unspecified atom stereocenters. The number of hydrogen-bond acceptors (Lipinski definition) is 4. The second-order valence-corrected chi connectivity index (χ2v) is 10.6. The molecule has 1 aliphatic rings. The smallest absolute Gasteiger partial charge is 0.240 e. The molecule has 0 heterocycles. The summed E-state index contributed by atoms with van der Waals surface area (Å²) in [5.74, 6) is -0.176. The largest absolute Gasteiger partial charge is 0.352 e. The monoisotopic (exact) mass is 457 g/mol. The van der Waals surface area contributed by atoms with Gasteiger partial charge in [-0.1, -0.05) is 30.3 Å². The molecule has 174 valence electrons. The molecular formula is C25H35N3O3S. The van der Waals surface area contributed by atoms with Gasteiger partial charge in [0.15, 0.2) is 0 Å². The third kappa shape index (κ3) is 6.64. The summed E-state index contributed by atoms with van der Waals surface area (Å²) in [6, 6.07) is 13.9. The summed E-state index contributed by atoms with van der Waals surface area (Å²) in [6.07, 6.45) is 4.29. The van der Waals surface area contributed by atoms with Gasteiger partial charge in [-0.15, -0.1) is 0 Å². The summed E-state index contributed by atoms with van der Waals surface area (Å²) in [6.45, 7) is 5.61. The number of nitrogens with one attached hydrogen (secondary N) is 2. The van der Waals surface area contributed by atoms with Crippen molar-refractivity contribution in [1.29, 1.82) is 0 Å². The topological polar surface area (TPSA) is 78.5 Å². The van der Waals surface area contributed by atoms with E-state index in [1.54, 1.807) is 12.1 Å². The Morgan fingerprint density at radius 2 is 1.72 bits per heavy atom. The average Bonchev–Trinajstić information content (AvgIpc) is 2.78. The van der Waals surface area contributed by atoms with E-state index in [9.17, 15) is 13.2 Å². The first-order valence-electron chi connectivity index (χ1n) is 11.4. The molecule has 2 aromatic rings. The van der Waals surface area contributed by atoms with E-state index in [4.69, 9.17) is 0 Å². The predicted octanol–water partition coefficient (Wildman–Crippen LogP) is 3.39. The lowest BCUT2D eigenvalue weighted by molar-refractivity contribution is -0.121. The van der Waals surface area contributed by atoms with Gasteiger partial charge in [0.1, 0.15) is 0 Å². The van der Waals surface area contributed by atoms with Crippen LogP contribution in [0.3, 0.4) is 0 Å². The highest BCUT2D eigenvalue weighted by atomic mass is 32.2. The van der Waals surface area contributed by atoms with Gasteiger partial charge in [-0.05, 0) is 81.0 Å².